The summed E-state index contributed by atoms with van der Waals surface area (Å²) in [5.74, 6) is -1.96. The van der Waals surface area contributed by atoms with Crippen LogP contribution in [-0.2, 0) is 16.6 Å². The molecule has 0 saturated heterocycles. The summed E-state index contributed by atoms with van der Waals surface area (Å²) < 4.78 is 53.5. The molecule has 1 heterocycles. The minimum atomic E-state index is -4.09. The van der Waals surface area contributed by atoms with Crippen LogP contribution in [0.15, 0.2) is 53.4 Å². The smallest absolute Gasteiger partial charge is 0.241 e. The standard InChI is InChI=1S/C17H14F2N2O2S2/c1-11-15(24-17(21-11)12-5-3-2-4-6-12)10-20-25(22,23)16-8-7-13(18)9-14(16)19/h2-9,20H,10H2,1H3. The third kappa shape index (κ3) is 3.92. The average Bonchev–Trinajstić information content (AvgIpc) is 2.94. The SMILES string of the molecule is Cc1nc(-c2ccccc2)sc1CNS(=O)(=O)c1ccc(F)cc1F. The van der Waals surface area contributed by atoms with Gasteiger partial charge in [0.2, 0.25) is 10.0 Å². The van der Waals surface area contributed by atoms with Crippen molar-refractivity contribution in [3.05, 3.63) is 70.7 Å². The van der Waals surface area contributed by atoms with E-state index in [4.69, 9.17) is 0 Å². The third-order valence-electron chi connectivity index (χ3n) is 3.52. The van der Waals surface area contributed by atoms with Crippen LogP contribution in [0.3, 0.4) is 0 Å². The number of thiazole rings is 1. The van der Waals surface area contributed by atoms with Crippen LogP contribution in [0.25, 0.3) is 10.6 Å². The Morgan fingerprint density at radius 1 is 1.12 bits per heavy atom. The zero-order valence-electron chi connectivity index (χ0n) is 13.2. The maximum absolute atomic E-state index is 13.7. The molecular formula is C17H14F2N2O2S2. The van der Waals surface area contributed by atoms with Crippen molar-refractivity contribution in [3.63, 3.8) is 0 Å². The number of benzene rings is 2. The first-order valence-corrected chi connectivity index (χ1v) is 9.63. The highest BCUT2D eigenvalue weighted by atomic mass is 32.2. The lowest BCUT2D eigenvalue weighted by Crippen LogP contribution is -2.24. The minimum Gasteiger partial charge on any atom is -0.241 e. The van der Waals surface area contributed by atoms with Crippen molar-refractivity contribution in [2.75, 3.05) is 0 Å². The number of aryl methyl sites for hydroxylation is 1. The molecule has 25 heavy (non-hydrogen) atoms. The summed E-state index contributed by atoms with van der Waals surface area (Å²) in [5.41, 5.74) is 1.64. The Labute approximate surface area is 148 Å². The van der Waals surface area contributed by atoms with Gasteiger partial charge in [-0.05, 0) is 19.1 Å². The molecule has 0 aliphatic heterocycles. The summed E-state index contributed by atoms with van der Waals surface area (Å²) in [7, 11) is -4.09. The average molecular weight is 380 g/mol. The normalized spacial score (nSPS) is 11.6. The second-order valence-electron chi connectivity index (χ2n) is 5.29. The van der Waals surface area contributed by atoms with E-state index < -0.39 is 26.6 Å². The molecule has 0 atom stereocenters. The number of aromatic nitrogens is 1. The van der Waals surface area contributed by atoms with Crippen molar-refractivity contribution in [3.8, 4) is 10.6 Å². The molecule has 0 saturated carbocycles. The topological polar surface area (TPSA) is 59.1 Å². The Balaban J connectivity index is 1.80. The van der Waals surface area contributed by atoms with Gasteiger partial charge in [0.05, 0.1) is 5.69 Å². The fraction of sp³-hybridized carbons (Fsp3) is 0.118. The Morgan fingerprint density at radius 2 is 1.84 bits per heavy atom. The van der Waals surface area contributed by atoms with E-state index in [-0.39, 0.29) is 6.54 Å². The largest absolute Gasteiger partial charge is 0.243 e. The molecule has 0 amide bonds. The van der Waals surface area contributed by atoms with Crippen LogP contribution in [-0.4, -0.2) is 13.4 Å². The number of rotatable bonds is 5. The van der Waals surface area contributed by atoms with Crippen LogP contribution in [0.2, 0.25) is 0 Å². The van der Waals surface area contributed by atoms with Crippen LogP contribution >= 0.6 is 11.3 Å². The number of halogens is 2. The van der Waals surface area contributed by atoms with Gasteiger partial charge in [-0.25, -0.2) is 26.9 Å². The van der Waals surface area contributed by atoms with Crippen LogP contribution in [0.5, 0.6) is 0 Å². The Kier molecular flexibility index (Phi) is 4.94. The van der Waals surface area contributed by atoms with Gasteiger partial charge in [0.1, 0.15) is 21.5 Å². The van der Waals surface area contributed by atoms with Gasteiger partial charge in [-0.15, -0.1) is 11.3 Å². The fourth-order valence-electron chi connectivity index (χ4n) is 2.23. The minimum absolute atomic E-state index is 0.0184. The zero-order chi connectivity index (χ0) is 18.0. The summed E-state index contributed by atoms with van der Waals surface area (Å²) in [5, 5.41) is 0.778. The van der Waals surface area contributed by atoms with Crippen molar-refractivity contribution < 1.29 is 17.2 Å². The van der Waals surface area contributed by atoms with E-state index in [1.807, 2.05) is 30.3 Å². The van der Waals surface area contributed by atoms with Crippen molar-refractivity contribution in [1.82, 2.24) is 9.71 Å². The van der Waals surface area contributed by atoms with Crippen LogP contribution in [0, 0.1) is 18.6 Å². The first-order chi connectivity index (χ1) is 11.9. The van der Waals surface area contributed by atoms with Gasteiger partial charge in [0.25, 0.3) is 0 Å². The molecule has 0 aliphatic rings. The van der Waals surface area contributed by atoms with Crippen LogP contribution in [0.1, 0.15) is 10.6 Å². The molecule has 2 aromatic carbocycles. The zero-order valence-corrected chi connectivity index (χ0v) is 14.8. The summed E-state index contributed by atoms with van der Waals surface area (Å²) in [6.07, 6.45) is 0. The predicted octanol–water partition coefficient (Wildman–Crippen LogP) is 3.88. The number of sulfonamides is 1. The lowest BCUT2D eigenvalue weighted by atomic mass is 10.2. The highest BCUT2D eigenvalue weighted by molar-refractivity contribution is 7.89. The van der Waals surface area contributed by atoms with E-state index in [1.54, 1.807) is 6.92 Å². The predicted molar refractivity (Wildman–Crippen MR) is 92.7 cm³/mol. The second kappa shape index (κ2) is 6.99. The third-order valence-corrected chi connectivity index (χ3v) is 6.16. The van der Waals surface area contributed by atoms with E-state index in [0.717, 1.165) is 27.6 Å². The van der Waals surface area contributed by atoms with Crippen molar-refractivity contribution >= 4 is 21.4 Å². The Bertz CT molecular complexity index is 1000. The van der Waals surface area contributed by atoms with E-state index in [1.165, 1.54) is 11.3 Å². The Morgan fingerprint density at radius 3 is 2.52 bits per heavy atom. The maximum atomic E-state index is 13.7. The van der Waals surface area contributed by atoms with Crippen LogP contribution < -0.4 is 4.72 Å². The van der Waals surface area contributed by atoms with Gasteiger partial charge < -0.3 is 0 Å². The Hall–Kier alpha value is -2.16. The number of hydrogen-bond donors (Lipinski definition) is 1. The van der Waals surface area contributed by atoms with Gasteiger partial charge in [-0.1, -0.05) is 30.3 Å². The first-order valence-electron chi connectivity index (χ1n) is 7.33. The van der Waals surface area contributed by atoms with Crippen molar-refractivity contribution in [1.29, 1.82) is 0 Å². The second-order valence-corrected chi connectivity index (χ2v) is 8.11. The molecule has 130 valence electrons. The van der Waals surface area contributed by atoms with E-state index in [9.17, 15) is 17.2 Å². The molecule has 0 bridgehead atoms. The quantitative estimate of drug-likeness (QED) is 0.731. The lowest BCUT2D eigenvalue weighted by molar-refractivity contribution is 0.543. The van der Waals surface area contributed by atoms with E-state index in [2.05, 4.69) is 9.71 Å². The summed E-state index contributed by atoms with van der Waals surface area (Å²) >= 11 is 1.36. The summed E-state index contributed by atoms with van der Waals surface area (Å²) in [4.78, 5) is 4.59. The monoisotopic (exact) mass is 380 g/mol. The number of nitrogens with zero attached hydrogens (tertiary/aromatic N) is 1. The highest BCUT2D eigenvalue weighted by Gasteiger charge is 2.20. The van der Waals surface area contributed by atoms with E-state index >= 15 is 0 Å². The molecule has 0 spiro atoms. The van der Waals surface area contributed by atoms with Gasteiger partial charge in [0.15, 0.2) is 0 Å². The molecule has 8 heteroatoms. The molecule has 3 rings (SSSR count). The van der Waals surface area contributed by atoms with Crippen LogP contribution in [0.4, 0.5) is 8.78 Å². The molecule has 3 aromatic rings. The van der Waals surface area contributed by atoms with Gasteiger partial charge in [-0.3, -0.25) is 0 Å². The molecule has 1 N–H and O–H groups in total. The summed E-state index contributed by atoms with van der Waals surface area (Å²) in [6, 6.07) is 11.9. The molecule has 1 aromatic heterocycles. The molecule has 0 fully saturated rings. The molecule has 0 radical (unpaired) electrons. The van der Waals surface area contributed by atoms with Crippen molar-refractivity contribution in [2.24, 2.45) is 0 Å². The highest BCUT2D eigenvalue weighted by Crippen LogP contribution is 2.28. The molecule has 4 nitrogen and oxygen atoms in total. The van der Waals surface area contributed by atoms with Gasteiger partial charge in [-0.2, -0.15) is 0 Å². The first kappa shape index (κ1) is 17.7. The lowest BCUT2D eigenvalue weighted by Gasteiger charge is -2.07. The van der Waals surface area contributed by atoms with Gasteiger partial charge >= 0.3 is 0 Å². The number of hydrogen-bond acceptors (Lipinski definition) is 4. The number of nitrogens with one attached hydrogen (secondary N) is 1. The van der Waals surface area contributed by atoms with Gasteiger partial charge in [0, 0.05) is 23.1 Å². The molecular weight excluding hydrogens is 366 g/mol. The van der Waals surface area contributed by atoms with Crippen molar-refractivity contribution in [2.45, 2.75) is 18.4 Å². The van der Waals surface area contributed by atoms with E-state index in [0.29, 0.717) is 11.8 Å². The summed E-state index contributed by atoms with van der Waals surface area (Å²) in [6.45, 7) is 1.76. The fourth-order valence-corrected chi connectivity index (χ4v) is 4.38. The molecule has 0 aliphatic carbocycles. The molecule has 0 unspecified atom stereocenters. The maximum Gasteiger partial charge on any atom is 0.243 e.